The lowest BCUT2D eigenvalue weighted by molar-refractivity contribution is 0.574. The van der Waals surface area contributed by atoms with E-state index in [-0.39, 0.29) is 0 Å². The second-order valence-electron chi connectivity index (χ2n) is 3.91. The Hall–Kier alpha value is -2.11. The molecule has 0 saturated carbocycles. The minimum absolute atomic E-state index is 0.575. The van der Waals surface area contributed by atoms with Crippen molar-refractivity contribution in [3.8, 4) is 11.3 Å². The number of nitrogens with zero attached hydrogens (tertiary/aromatic N) is 4. The van der Waals surface area contributed by atoms with E-state index in [0.29, 0.717) is 21.6 Å². The Morgan fingerprint density at radius 3 is 2.70 bits per heavy atom. The molecule has 0 saturated heterocycles. The molecular formula is C13H8Cl2N4O. The molecule has 1 aromatic carbocycles. The van der Waals surface area contributed by atoms with Crippen LogP contribution >= 0.6 is 23.2 Å². The van der Waals surface area contributed by atoms with E-state index in [1.807, 2.05) is 6.07 Å². The molecule has 7 heteroatoms. The summed E-state index contributed by atoms with van der Waals surface area (Å²) >= 11 is 12.1. The van der Waals surface area contributed by atoms with Crippen LogP contribution in [0.2, 0.25) is 10.0 Å². The van der Waals surface area contributed by atoms with E-state index in [2.05, 4.69) is 15.3 Å². The van der Waals surface area contributed by atoms with E-state index < -0.39 is 0 Å². The smallest absolute Gasteiger partial charge is 0.147 e. The highest BCUT2D eigenvalue weighted by molar-refractivity contribution is 6.35. The summed E-state index contributed by atoms with van der Waals surface area (Å²) in [4.78, 5) is 0. The molecule has 0 aliphatic carbocycles. The van der Waals surface area contributed by atoms with Crippen molar-refractivity contribution in [1.82, 2.24) is 14.9 Å². The first kappa shape index (κ1) is 12.9. The lowest BCUT2D eigenvalue weighted by Gasteiger charge is -2.00. The maximum absolute atomic E-state index is 6.13. The molecule has 5 nitrogen and oxygen atoms in total. The number of hydrogen-bond acceptors (Lipinski definition) is 4. The SMILES string of the molecule is Clc1ccc(Cl)c(-c2ccc(C=Nn3cnnc3)o2)c1. The van der Waals surface area contributed by atoms with Crippen molar-refractivity contribution in [3.63, 3.8) is 0 Å². The molecule has 0 radical (unpaired) electrons. The molecule has 3 rings (SSSR count). The van der Waals surface area contributed by atoms with Crippen molar-refractivity contribution >= 4 is 29.4 Å². The van der Waals surface area contributed by atoms with Crippen molar-refractivity contribution in [3.05, 3.63) is 58.8 Å². The van der Waals surface area contributed by atoms with E-state index in [0.717, 1.165) is 5.56 Å². The molecule has 2 heterocycles. The van der Waals surface area contributed by atoms with Crippen LogP contribution in [0, 0.1) is 0 Å². The van der Waals surface area contributed by atoms with Gasteiger partial charge in [0.25, 0.3) is 0 Å². The number of halogens is 2. The van der Waals surface area contributed by atoms with Crippen LogP contribution in [0.4, 0.5) is 0 Å². The average Bonchev–Trinajstić information content (AvgIpc) is 3.10. The number of furan rings is 1. The van der Waals surface area contributed by atoms with Gasteiger partial charge in [-0.3, -0.25) is 0 Å². The Bertz CT molecular complexity index is 750. The number of rotatable bonds is 3. The first-order valence-corrected chi connectivity index (χ1v) is 6.42. The summed E-state index contributed by atoms with van der Waals surface area (Å²) in [5, 5.41) is 12.6. The summed E-state index contributed by atoms with van der Waals surface area (Å²) in [5.74, 6) is 1.22. The van der Waals surface area contributed by atoms with Gasteiger partial charge in [-0.1, -0.05) is 23.2 Å². The minimum Gasteiger partial charge on any atom is -0.455 e. The first-order valence-electron chi connectivity index (χ1n) is 5.66. The first-order chi connectivity index (χ1) is 9.72. The molecule has 0 spiro atoms. The van der Waals surface area contributed by atoms with Gasteiger partial charge in [0.15, 0.2) is 0 Å². The van der Waals surface area contributed by atoms with E-state index >= 15 is 0 Å². The molecule has 100 valence electrons. The molecule has 0 aliphatic rings. The van der Waals surface area contributed by atoms with Gasteiger partial charge in [0.2, 0.25) is 0 Å². The fourth-order valence-corrected chi connectivity index (χ4v) is 2.01. The highest BCUT2D eigenvalue weighted by Crippen LogP contribution is 2.31. The Morgan fingerprint density at radius 2 is 1.90 bits per heavy atom. The van der Waals surface area contributed by atoms with Crippen LogP contribution in [-0.4, -0.2) is 21.1 Å². The van der Waals surface area contributed by atoms with Crippen molar-refractivity contribution in [1.29, 1.82) is 0 Å². The summed E-state index contributed by atoms with van der Waals surface area (Å²) < 4.78 is 7.12. The molecule has 0 unspecified atom stereocenters. The quantitative estimate of drug-likeness (QED) is 0.693. The molecule has 0 aliphatic heterocycles. The van der Waals surface area contributed by atoms with Crippen LogP contribution in [0.3, 0.4) is 0 Å². The average molecular weight is 307 g/mol. The summed E-state index contributed by atoms with van der Waals surface area (Å²) in [7, 11) is 0. The van der Waals surface area contributed by atoms with Crippen molar-refractivity contribution in [2.45, 2.75) is 0 Å². The van der Waals surface area contributed by atoms with Gasteiger partial charge in [0.05, 0.1) is 11.2 Å². The fraction of sp³-hybridized carbons (Fsp3) is 0. The molecule has 0 bridgehead atoms. The standard InChI is InChI=1S/C13H8Cl2N4O/c14-9-1-3-12(15)11(5-9)13-4-2-10(20-13)6-18-19-7-16-17-8-19/h1-8H. The number of aromatic nitrogens is 3. The van der Waals surface area contributed by atoms with Gasteiger partial charge in [0, 0.05) is 10.6 Å². The second-order valence-corrected chi connectivity index (χ2v) is 4.76. The lowest BCUT2D eigenvalue weighted by Crippen LogP contribution is -1.85. The largest absolute Gasteiger partial charge is 0.455 e. The van der Waals surface area contributed by atoms with Crippen LogP contribution < -0.4 is 0 Å². The zero-order valence-electron chi connectivity index (χ0n) is 10.1. The van der Waals surface area contributed by atoms with Gasteiger partial charge in [0.1, 0.15) is 24.2 Å². The van der Waals surface area contributed by atoms with Gasteiger partial charge in [-0.05, 0) is 30.3 Å². The normalized spacial score (nSPS) is 11.3. The molecule has 3 aromatic rings. The predicted molar refractivity (Wildman–Crippen MR) is 77.2 cm³/mol. The molecule has 0 N–H and O–H groups in total. The Labute approximate surface area is 124 Å². The van der Waals surface area contributed by atoms with Crippen LogP contribution in [-0.2, 0) is 0 Å². The topological polar surface area (TPSA) is 56.2 Å². The molecule has 20 heavy (non-hydrogen) atoms. The fourth-order valence-electron chi connectivity index (χ4n) is 1.63. The minimum atomic E-state index is 0.575. The van der Waals surface area contributed by atoms with Crippen molar-refractivity contribution in [2.75, 3.05) is 0 Å². The summed E-state index contributed by atoms with van der Waals surface area (Å²) in [6.45, 7) is 0. The van der Waals surface area contributed by atoms with E-state index in [1.54, 1.807) is 30.5 Å². The molecule has 2 aromatic heterocycles. The summed E-state index contributed by atoms with van der Waals surface area (Å²) in [6.07, 6.45) is 4.52. The zero-order valence-corrected chi connectivity index (χ0v) is 11.6. The second kappa shape index (κ2) is 5.48. The zero-order chi connectivity index (χ0) is 13.9. The maximum Gasteiger partial charge on any atom is 0.147 e. The maximum atomic E-state index is 6.13. The summed E-state index contributed by atoms with van der Waals surface area (Å²) in [5.41, 5.74) is 0.739. The third-order valence-electron chi connectivity index (χ3n) is 2.55. The third kappa shape index (κ3) is 2.74. The molecule has 0 amide bonds. The van der Waals surface area contributed by atoms with Gasteiger partial charge < -0.3 is 4.42 Å². The third-order valence-corrected chi connectivity index (χ3v) is 3.11. The highest BCUT2D eigenvalue weighted by Gasteiger charge is 2.08. The van der Waals surface area contributed by atoms with E-state index in [9.17, 15) is 0 Å². The van der Waals surface area contributed by atoms with Gasteiger partial charge in [-0.15, -0.1) is 10.2 Å². The Morgan fingerprint density at radius 1 is 1.10 bits per heavy atom. The molecule has 0 fully saturated rings. The van der Waals surface area contributed by atoms with Crippen LogP contribution in [0.5, 0.6) is 0 Å². The lowest BCUT2D eigenvalue weighted by atomic mass is 10.2. The van der Waals surface area contributed by atoms with Gasteiger partial charge in [-0.2, -0.15) is 5.10 Å². The predicted octanol–water partition coefficient (Wildman–Crippen LogP) is 3.73. The van der Waals surface area contributed by atoms with Crippen molar-refractivity contribution in [2.24, 2.45) is 5.10 Å². The highest BCUT2D eigenvalue weighted by atomic mass is 35.5. The number of benzene rings is 1. The number of hydrogen-bond donors (Lipinski definition) is 0. The van der Waals surface area contributed by atoms with Gasteiger partial charge in [-0.25, -0.2) is 4.68 Å². The Balaban J connectivity index is 1.88. The van der Waals surface area contributed by atoms with Crippen LogP contribution in [0.25, 0.3) is 11.3 Å². The molecule has 0 atom stereocenters. The monoisotopic (exact) mass is 306 g/mol. The van der Waals surface area contributed by atoms with Gasteiger partial charge >= 0.3 is 0 Å². The Kier molecular flexibility index (Phi) is 3.54. The molecular weight excluding hydrogens is 299 g/mol. The van der Waals surface area contributed by atoms with E-state index in [4.69, 9.17) is 27.6 Å². The summed E-state index contributed by atoms with van der Waals surface area (Å²) in [6, 6.07) is 8.81. The van der Waals surface area contributed by atoms with Crippen LogP contribution in [0.1, 0.15) is 5.76 Å². The van der Waals surface area contributed by atoms with E-state index in [1.165, 1.54) is 17.3 Å². The van der Waals surface area contributed by atoms with Crippen molar-refractivity contribution < 1.29 is 4.42 Å². The van der Waals surface area contributed by atoms with Crippen LogP contribution in [0.15, 0.2) is 52.5 Å².